The van der Waals surface area contributed by atoms with Crippen LogP contribution in [0.1, 0.15) is 123 Å². The van der Waals surface area contributed by atoms with E-state index in [1.54, 1.807) is 0 Å². The monoisotopic (exact) mass is 553 g/mol. The number of Topliss-reactive ketones (excluding diaryl/α,β-unsaturated/α-hetero) is 1. The van der Waals surface area contributed by atoms with E-state index in [0.29, 0.717) is 25.2 Å². The average Bonchev–Trinajstić information content (AvgIpc) is 3.28. The minimum atomic E-state index is -0.388. The number of unbranched alkanes of at least 4 members (excludes halogenated alkanes) is 5. The quantitative estimate of drug-likeness (QED) is 0.155. The first-order valence-electron chi connectivity index (χ1n) is 16.1. The molecule has 3 rings (SSSR count). The van der Waals surface area contributed by atoms with E-state index in [2.05, 4.69) is 62.5 Å². The highest BCUT2D eigenvalue weighted by Gasteiger charge is 2.41. The molecule has 2 N–H and O–H groups in total. The summed E-state index contributed by atoms with van der Waals surface area (Å²) >= 11 is 0. The van der Waals surface area contributed by atoms with Crippen molar-refractivity contribution in [2.45, 2.75) is 134 Å². The van der Waals surface area contributed by atoms with Crippen LogP contribution in [0.4, 0.5) is 0 Å². The first kappa shape index (κ1) is 32.5. The second kappa shape index (κ2) is 16.5. The third-order valence-electron chi connectivity index (χ3n) is 9.16. The van der Waals surface area contributed by atoms with Gasteiger partial charge in [-0.15, -0.1) is 0 Å². The lowest BCUT2D eigenvalue weighted by atomic mass is 9.67. The molecule has 1 aliphatic heterocycles. The van der Waals surface area contributed by atoms with Crippen LogP contribution in [0.15, 0.2) is 42.5 Å². The Morgan fingerprint density at radius 3 is 2.65 bits per heavy atom. The van der Waals surface area contributed by atoms with Gasteiger partial charge in [0.05, 0.1) is 11.7 Å². The second-order valence-corrected chi connectivity index (χ2v) is 13.0. The van der Waals surface area contributed by atoms with E-state index in [4.69, 9.17) is 4.74 Å². The van der Waals surface area contributed by atoms with Gasteiger partial charge in [0.25, 0.3) is 0 Å². The Labute approximate surface area is 243 Å². The summed E-state index contributed by atoms with van der Waals surface area (Å²) < 4.78 is 6.02. The van der Waals surface area contributed by atoms with Gasteiger partial charge in [0.15, 0.2) is 0 Å². The number of ketones is 1. The minimum Gasteiger partial charge on any atom is -0.389 e. The van der Waals surface area contributed by atoms with Crippen molar-refractivity contribution < 1.29 is 19.4 Å². The van der Waals surface area contributed by atoms with E-state index in [9.17, 15) is 14.7 Å². The summed E-state index contributed by atoms with van der Waals surface area (Å²) in [5.74, 6) is 0.910. The molecule has 0 spiro atoms. The molecule has 1 saturated carbocycles. The van der Waals surface area contributed by atoms with Crippen LogP contribution in [-0.2, 0) is 19.7 Å². The van der Waals surface area contributed by atoms with Gasteiger partial charge in [-0.1, -0.05) is 87.9 Å². The highest BCUT2D eigenvalue weighted by Crippen LogP contribution is 2.43. The number of ether oxygens (including phenoxy) is 1. The van der Waals surface area contributed by atoms with Crippen LogP contribution in [0.3, 0.4) is 0 Å². The van der Waals surface area contributed by atoms with Crippen LogP contribution in [0.25, 0.3) is 0 Å². The summed E-state index contributed by atoms with van der Waals surface area (Å²) in [5, 5.41) is 13.4. The largest absolute Gasteiger partial charge is 0.389 e. The Hall–Kier alpha value is -1.98. The minimum absolute atomic E-state index is 0.0359. The summed E-state index contributed by atoms with van der Waals surface area (Å²) in [6.07, 6.45) is 17.8. The predicted molar refractivity (Wildman–Crippen MR) is 163 cm³/mol. The van der Waals surface area contributed by atoms with Gasteiger partial charge in [0, 0.05) is 37.3 Å². The van der Waals surface area contributed by atoms with Gasteiger partial charge in [-0.25, -0.2) is 0 Å². The summed E-state index contributed by atoms with van der Waals surface area (Å²) in [5.41, 5.74) is 1.23. The number of hydrogen-bond acceptors (Lipinski definition) is 4. The topological polar surface area (TPSA) is 75.6 Å². The van der Waals surface area contributed by atoms with Gasteiger partial charge in [-0.2, -0.15) is 0 Å². The molecule has 2 fully saturated rings. The highest BCUT2D eigenvalue weighted by atomic mass is 16.5. The van der Waals surface area contributed by atoms with Crippen LogP contribution in [0, 0.1) is 11.8 Å². The molecule has 40 heavy (non-hydrogen) atoms. The second-order valence-electron chi connectivity index (χ2n) is 13.0. The lowest BCUT2D eigenvalue weighted by Gasteiger charge is -2.45. The number of benzene rings is 1. The van der Waals surface area contributed by atoms with Gasteiger partial charge >= 0.3 is 0 Å². The van der Waals surface area contributed by atoms with E-state index in [-0.39, 0.29) is 34.9 Å². The molecule has 224 valence electrons. The molecule has 0 bridgehead atoms. The van der Waals surface area contributed by atoms with Crippen molar-refractivity contribution >= 4 is 11.7 Å². The zero-order valence-electron chi connectivity index (χ0n) is 25.5. The van der Waals surface area contributed by atoms with E-state index < -0.39 is 0 Å². The maximum Gasteiger partial charge on any atom is 0.219 e. The van der Waals surface area contributed by atoms with Crippen molar-refractivity contribution in [3.05, 3.63) is 48.0 Å². The van der Waals surface area contributed by atoms with Crippen LogP contribution >= 0.6 is 0 Å². The molecule has 2 aliphatic rings. The van der Waals surface area contributed by atoms with Crippen molar-refractivity contribution in [2.75, 3.05) is 13.2 Å². The standard InChI is InChI=1S/C35H55NO4/c1-4-5-9-16-30(37)21-19-28-20-22-32(38)31(28)17-12-6-7-13-18-33(39)36-25-23-35(29-14-10-8-11-15-29)24-26-40-34(2,3)27-35/h8,10-11,14-15,19,21,28,30-31,37H,4-7,9,12-13,16-18,20,22-27H2,1-3H3,(H,36,39)/t28-,30-,31+,35?/m0/s1. The number of amides is 1. The van der Waals surface area contributed by atoms with E-state index in [1.807, 2.05) is 6.08 Å². The molecule has 0 aromatic heterocycles. The van der Waals surface area contributed by atoms with Crippen LogP contribution in [0.5, 0.6) is 0 Å². The Kier molecular flexibility index (Phi) is 13.4. The van der Waals surface area contributed by atoms with Crippen LogP contribution < -0.4 is 5.32 Å². The SMILES string of the molecule is CCCCC[C@H](O)C=C[C@H]1CCC(=O)[C@@H]1CCCCCCC(=O)NCCC1(c2ccccc2)CCOC(C)(C)C1. The number of allylic oxidation sites excluding steroid dienone is 1. The molecule has 1 aromatic rings. The fourth-order valence-corrected chi connectivity index (χ4v) is 6.92. The highest BCUT2D eigenvalue weighted by molar-refractivity contribution is 5.83. The zero-order valence-corrected chi connectivity index (χ0v) is 25.5. The third kappa shape index (κ3) is 10.4. The molecule has 4 atom stereocenters. The van der Waals surface area contributed by atoms with Crippen molar-refractivity contribution in [3.8, 4) is 0 Å². The molecule has 5 nitrogen and oxygen atoms in total. The maximum absolute atomic E-state index is 12.6. The van der Waals surface area contributed by atoms with Gasteiger partial charge in [0.2, 0.25) is 5.91 Å². The molecule has 1 heterocycles. The van der Waals surface area contributed by atoms with Crippen molar-refractivity contribution in [3.63, 3.8) is 0 Å². The van der Waals surface area contributed by atoms with Crippen LogP contribution in [0.2, 0.25) is 0 Å². The lowest BCUT2D eigenvalue weighted by Crippen LogP contribution is -2.45. The normalized spacial score (nSPS) is 25.4. The summed E-state index contributed by atoms with van der Waals surface area (Å²) in [4.78, 5) is 25.0. The van der Waals surface area contributed by atoms with Crippen LogP contribution in [-0.4, -0.2) is 41.7 Å². The Balaban J connectivity index is 1.32. The molecule has 1 unspecified atom stereocenters. The van der Waals surface area contributed by atoms with E-state index in [0.717, 1.165) is 90.1 Å². The maximum atomic E-state index is 12.6. The average molecular weight is 554 g/mol. The molecule has 1 aliphatic carbocycles. The van der Waals surface area contributed by atoms with Gasteiger partial charge in [0.1, 0.15) is 5.78 Å². The molecule has 1 saturated heterocycles. The number of carbonyl (C=O) groups excluding carboxylic acids is 2. The first-order chi connectivity index (χ1) is 19.2. The lowest BCUT2D eigenvalue weighted by molar-refractivity contribution is -0.122. The molecule has 5 heteroatoms. The molecule has 1 amide bonds. The molecule has 1 aromatic carbocycles. The van der Waals surface area contributed by atoms with Crippen molar-refractivity contribution in [1.82, 2.24) is 5.32 Å². The Bertz CT molecular complexity index is 927. The Morgan fingerprint density at radius 1 is 1.12 bits per heavy atom. The predicted octanol–water partition coefficient (Wildman–Crippen LogP) is 7.45. The fraction of sp³-hybridized carbons (Fsp3) is 0.714. The number of carbonyl (C=O) groups is 2. The van der Waals surface area contributed by atoms with E-state index >= 15 is 0 Å². The van der Waals surface area contributed by atoms with Gasteiger partial charge < -0.3 is 15.2 Å². The number of rotatable bonds is 17. The smallest absolute Gasteiger partial charge is 0.219 e. The molecular formula is C35H55NO4. The Morgan fingerprint density at radius 2 is 1.90 bits per heavy atom. The molecular weight excluding hydrogens is 498 g/mol. The number of aliphatic hydroxyl groups excluding tert-OH is 1. The number of hydrogen-bond donors (Lipinski definition) is 2. The summed E-state index contributed by atoms with van der Waals surface area (Å²) in [6, 6.07) is 10.7. The zero-order chi connectivity index (χ0) is 28.8. The first-order valence-corrected chi connectivity index (χ1v) is 16.1. The van der Waals surface area contributed by atoms with Crippen molar-refractivity contribution in [1.29, 1.82) is 0 Å². The third-order valence-corrected chi connectivity index (χ3v) is 9.16. The van der Waals surface area contributed by atoms with E-state index in [1.165, 1.54) is 5.56 Å². The van der Waals surface area contributed by atoms with Crippen molar-refractivity contribution in [2.24, 2.45) is 11.8 Å². The number of nitrogens with one attached hydrogen (secondary N) is 1. The molecule has 0 radical (unpaired) electrons. The summed E-state index contributed by atoms with van der Waals surface area (Å²) in [7, 11) is 0. The fourth-order valence-electron chi connectivity index (χ4n) is 6.92. The van der Waals surface area contributed by atoms with Gasteiger partial charge in [-0.3, -0.25) is 9.59 Å². The number of aliphatic hydroxyl groups is 1. The van der Waals surface area contributed by atoms with Gasteiger partial charge in [-0.05, 0) is 70.3 Å². The summed E-state index contributed by atoms with van der Waals surface area (Å²) in [6.45, 7) is 7.95.